The van der Waals surface area contributed by atoms with Crippen LogP contribution in [0.3, 0.4) is 0 Å². The molecule has 0 saturated heterocycles. The van der Waals surface area contributed by atoms with Crippen LogP contribution in [-0.2, 0) is 11.3 Å². The molecule has 116 valence electrons. The summed E-state index contributed by atoms with van der Waals surface area (Å²) in [7, 11) is 0. The fourth-order valence-corrected chi connectivity index (χ4v) is 1.89. The minimum atomic E-state index is -0.237. The lowest BCUT2D eigenvalue weighted by atomic mass is 10.1. The number of carbonyl (C=O) groups excluding carboxylic acids is 1. The number of nitrogens with two attached hydrogens (primary N) is 2. The number of amides is 1. The summed E-state index contributed by atoms with van der Waals surface area (Å²) in [5.41, 5.74) is 14.2. The summed E-state index contributed by atoms with van der Waals surface area (Å²) in [6.45, 7) is 0.324. The van der Waals surface area contributed by atoms with Gasteiger partial charge >= 0.3 is 0 Å². The first-order valence-corrected chi connectivity index (χ1v) is 6.84. The maximum atomic E-state index is 11.8. The molecule has 6 nitrogen and oxygen atoms in total. The summed E-state index contributed by atoms with van der Waals surface area (Å²) < 4.78 is 4.68. The topological polar surface area (TPSA) is 114 Å². The van der Waals surface area contributed by atoms with E-state index in [2.05, 4.69) is 10.1 Å². The van der Waals surface area contributed by atoms with Crippen LogP contribution in [0.25, 0.3) is 6.08 Å². The van der Waals surface area contributed by atoms with E-state index >= 15 is 0 Å². The number of hydrogen-bond donors (Lipinski definition) is 3. The van der Waals surface area contributed by atoms with Crippen LogP contribution < -0.4 is 21.5 Å². The number of hydrogen-bond acceptors (Lipinski definition) is 5. The SMILES string of the molecule is N#COc1ccc(/C=C/C(=O)NCc2ccc(N)cc2N)cc1. The van der Waals surface area contributed by atoms with E-state index in [1.54, 1.807) is 54.8 Å². The number of anilines is 2. The molecule has 0 heterocycles. The molecule has 0 bridgehead atoms. The number of rotatable bonds is 5. The number of nitrogen functional groups attached to an aromatic ring is 2. The fourth-order valence-electron chi connectivity index (χ4n) is 1.89. The van der Waals surface area contributed by atoms with Crippen LogP contribution in [0.2, 0.25) is 0 Å². The van der Waals surface area contributed by atoms with Crippen LogP contribution in [0.4, 0.5) is 11.4 Å². The first kappa shape index (κ1) is 15.9. The molecule has 2 rings (SSSR count). The Hall–Kier alpha value is -3.46. The summed E-state index contributed by atoms with van der Waals surface area (Å²) in [5, 5.41) is 11.1. The van der Waals surface area contributed by atoms with Gasteiger partial charge in [-0.25, -0.2) is 0 Å². The third-order valence-corrected chi connectivity index (χ3v) is 3.09. The molecule has 0 aromatic heterocycles. The highest BCUT2D eigenvalue weighted by Gasteiger charge is 2.01. The second kappa shape index (κ2) is 7.52. The molecule has 0 aliphatic carbocycles. The molecular formula is C17H16N4O2. The van der Waals surface area contributed by atoms with E-state index in [-0.39, 0.29) is 5.91 Å². The zero-order chi connectivity index (χ0) is 16.7. The van der Waals surface area contributed by atoms with Gasteiger partial charge in [0.25, 0.3) is 6.26 Å². The Balaban J connectivity index is 1.90. The molecule has 23 heavy (non-hydrogen) atoms. The van der Waals surface area contributed by atoms with Crippen molar-refractivity contribution < 1.29 is 9.53 Å². The zero-order valence-electron chi connectivity index (χ0n) is 12.3. The number of nitrogens with one attached hydrogen (secondary N) is 1. The normalized spacial score (nSPS) is 10.2. The average Bonchev–Trinajstić information content (AvgIpc) is 2.54. The minimum Gasteiger partial charge on any atom is -0.399 e. The van der Waals surface area contributed by atoms with Gasteiger partial charge in [-0.05, 0) is 41.5 Å². The third-order valence-electron chi connectivity index (χ3n) is 3.09. The summed E-state index contributed by atoms with van der Waals surface area (Å²) in [5.74, 6) is 0.214. The lowest BCUT2D eigenvalue weighted by Crippen LogP contribution is -2.20. The van der Waals surface area contributed by atoms with Crippen LogP contribution in [-0.4, -0.2) is 5.91 Å². The Morgan fingerprint density at radius 2 is 1.96 bits per heavy atom. The molecule has 0 fully saturated rings. The van der Waals surface area contributed by atoms with Crippen LogP contribution in [0.15, 0.2) is 48.5 Å². The van der Waals surface area contributed by atoms with E-state index in [4.69, 9.17) is 16.7 Å². The lowest BCUT2D eigenvalue weighted by molar-refractivity contribution is -0.116. The quantitative estimate of drug-likeness (QED) is 0.444. The molecule has 6 heteroatoms. The first-order valence-electron chi connectivity index (χ1n) is 6.84. The fraction of sp³-hybridized carbons (Fsp3) is 0.0588. The Morgan fingerprint density at radius 3 is 2.61 bits per heavy atom. The predicted molar refractivity (Wildman–Crippen MR) is 88.8 cm³/mol. The van der Waals surface area contributed by atoms with Crippen molar-refractivity contribution in [2.24, 2.45) is 0 Å². The Bertz CT molecular complexity index is 761. The molecule has 0 aliphatic rings. The van der Waals surface area contributed by atoms with Crippen molar-refractivity contribution in [3.05, 3.63) is 59.7 Å². The molecule has 0 atom stereocenters. The molecule has 0 aliphatic heterocycles. The number of ether oxygens (including phenoxy) is 1. The molecule has 2 aromatic rings. The van der Waals surface area contributed by atoms with Crippen molar-refractivity contribution in [1.82, 2.24) is 5.32 Å². The monoisotopic (exact) mass is 308 g/mol. The van der Waals surface area contributed by atoms with Crippen molar-refractivity contribution >= 4 is 23.4 Å². The van der Waals surface area contributed by atoms with E-state index in [1.807, 2.05) is 0 Å². The zero-order valence-corrected chi connectivity index (χ0v) is 12.3. The summed E-state index contributed by atoms with van der Waals surface area (Å²) in [6.07, 6.45) is 4.68. The Kier molecular flexibility index (Phi) is 5.21. The predicted octanol–water partition coefficient (Wildman–Crippen LogP) is 2.04. The van der Waals surface area contributed by atoms with E-state index in [9.17, 15) is 4.79 Å². The van der Waals surface area contributed by atoms with Gasteiger partial charge in [0, 0.05) is 24.0 Å². The van der Waals surface area contributed by atoms with Crippen molar-refractivity contribution in [2.75, 3.05) is 11.5 Å². The van der Waals surface area contributed by atoms with Gasteiger partial charge in [0.2, 0.25) is 5.91 Å². The van der Waals surface area contributed by atoms with Crippen molar-refractivity contribution in [1.29, 1.82) is 5.26 Å². The van der Waals surface area contributed by atoms with E-state index < -0.39 is 0 Å². The second-order valence-electron chi connectivity index (χ2n) is 4.77. The molecule has 2 aromatic carbocycles. The van der Waals surface area contributed by atoms with Gasteiger partial charge < -0.3 is 21.5 Å². The molecule has 0 radical (unpaired) electrons. The van der Waals surface area contributed by atoms with Crippen LogP contribution in [0.5, 0.6) is 5.75 Å². The minimum absolute atomic E-state index is 0.237. The van der Waals surface area contributed by atoms with Gasteiger partial charge in [0.15, 0.2) is 0 Å². The van der Waals surface area contributed by atoms with Crippen molar-refractivity contribution in [2.45, 2.75) is 6.54 Å². The van der Waals surface area contributed by atoms with E-state index in [1.165, 1.54) is 6.08 Å². The Labute approximate surface area is 134 Å². The van der Waals surface area contributed by atoms with Gasteiger partial charge in [-0.3, -0.25) is 4.79 Å². The smallest absolute Gasteiger partial charge is 0.292 e. The maximum Gasteiger partial charge on any atom is 0.292 e. The molecule has 0 spiro atoms. The second-order valence-corrected chi connectivity index (χ2v) is 4.77. The van der Waals surface area contributed by atoms with Gasteiger partial charge in [-0.15, -0.1) is 5.26 Å². The molecular weight excluding hydrogens is 292 g/mol. The van der Waals surface area contributed by atoms with Crippen LogP contribution in [0, 0.1) is 11.5 Å². The largest absolute Gasteiger partial charge is 0.399 e. The summed E-state index contributed by atoms with van der Waals surface area (Å²) >= 11 is 0. The van der Waals surface area contributed by atoms with Crippen molar-refractivity contribution in [3.8, 4) is 12.0 Å². The highest BCUT2D eigenvalue weighted by Crippen LogP contribution is 2.15. The van der Waals surface area contributed by atoms with E-state index in [0.29, 0.717) is 23.7 Å². The van der Waals surface area contributed by atoms with Crippen LogP contribution >= 0.6 is 0 Å². The standard InChI is InChI=1S/C17H16N4O2/c18-11-23-15-6-1-12(2-7-15)3-8-17(22)21-10-13-4-5-14(19)9-16(13)20/h1-9H,10,19-20H2,(H,21,22)/b8-3+. The summed E-state index contributed by atoms with van der Waals surface area (Å²) in [4.78, 5) is 11.8. The molecule has 5 N–H and O–H groups in total. The first-order chi connectivity index (χ1) is 11.1. The Morgan fingerprint density at radius 1 is 1.22 bits per heavy atom. The number of benzene rings is 2. The number of carbonyl (C=O) groups is 1. The highest BCUT2D eigenvalue weighted by molar-refractivity contribution is 5.91. The highest BCUT2D eigenvalue weighted by atomic mass is 16.5. The lowest BCUT2D eigenvalue weighted by Gasteiger charge is -2.07. The molecule has 0 unspecified atom stereocenters. The van der Waals surface area contributed by atoms with Gasteiger partial charge in [-0.2, -0.15) is 0 Å². The third kappa shape index (κ3) is 4.79. The molecule has 1 amide bonds. The van der Waals surface area contributed by atoms with Crippen molar-refractivity contribution in [3.63, 3.8) is 0 Å². The molecule has 0 saturated carbocycles. The summed E-state index contributed by atoms with van der Waals surface area (Å²) in [6, 6.07) is 12.0. The van der Waals surface area contributed by atoms with Gasteiger partial charge in [0.1, 0.15) is 5.75 Å². The van der Waals surface area contributed by atoms with Gasteiger partial charge in [0.05, 0.1) is 0 Å². The average molecular weight is 308 g/mol. The maximum absolute atomic E-state index is 11.8. The number of nitrogens with zero attached hydrogens (tertiary/aromatic N) is 1. The van der Waals surface area contributed by atoms with Gasteiger partial charge in [-0.1, -0.05) is 18.2 Å². The number of nitriles is 1. The van der Waals surface area contributed by atoms with E-state index in [0.717, 1.165) is 11.1 Å². The van der Waals surface area contributed by atoms with Crippen LogP contribution in [0.1, 0.15) is 11.1 Å².